The van der Waals surface area contributed by atoms with Gasteiger partial charge in [0, 0.05) is 44.8 Å². The summed E-state index contributed by atoms with van der Waals surface area (Å²) in [4.78, 5) is 16.8. The first-order valence-electron chi connectivity index (χ1n) is 7.70. The summed E-state index contributed by atoms with van der Waals surface area (Å²) in [5, 5.41) is 3.28. The zero-order valence-electron chi connectivity index (χ0n) is 12.5. The summed E-state index contributed by atoms with van der Waals surface area (Å²) < 4.78 is 5.78. The van der Waals surface area contributed by atoms with E-state index in [0.717, 1.165) is 50.6 Å². The number of rotatable bonds is 2. The number of benzene rings is 1. The van der Waals surface area contributed by atoms with Crippen molar-refractivity contribution in [1.29, 1.82) is 0 Å². The molecule has 2 aliphatic rings. The van der Waals surface area contributed by atoms with Crippen LogP contribution in [0.25, 0.3) is 0 Å². The fourth-order valence-corrected chi connectivity index (χ4v) is 2.98. The van der Waals surface area contributed by atoms with Gasteiger partial charge in [0.2, 0.25) is 5.91 Å². The molecule has 1 atom stereocenters. The van der Waals surface area contributed by atoms with E-state index < -0.39 is 0 Å². The second-order valence-corrected chi connectivity index (χ2v) is 5.68. The first-order valence-corrected chi connectivity index (χ1v) is 7.70. The molecule has 1 aromatic carbocycles. The second kappa shape index (κ2) is 6.45. The van der Waals surface area contributed by atoms with Gasteiger partial charge in [0.25, 0.3) is 0 Å². The molecule has 0 radical (unpaired) electrons. The van der Waals surface area contributed by atoms with Crippen molar-refractivity contribution >= 4 is 5.91 Å². The summed E-state index contributed by atoms with van der Waals surface area (Å²) in [5.41, 5.74) is 1.16. The van der Waals surface area contributed by atoms with E-state index in [4.69, 9.17) is 4.74 Å². The fourth-order valence-electron chi connectivity index (χ4n) is 2.98. The topological polar surface area (TPSA) is 44.8 Å². The van der Waals surface area contributed by atoms with E-state index in [2.05, 4.69) is 16.3 Å². The number of carbonyl (C=O) groups is 1. The third-order valence-corrected chi connectivity index (χ3v) is 4.32. The number of hydrogen-bond donors (Lipinski definition) is 1. The van der Waals surface area contributed by atoms with Gasteiger partial charge in [0.15, 0.2) is 0 Å². The molecule has 114 valence electrons. The van der Waals surface area contributed by atoms with Gasteiger partial charge in [-0.15, -0.1) is 0 Å². The predicted molar refractivity (Wildman–Crippen MR) is 81.3 cm³/mol. The number of piperazine rings is 1. The molecule has 21 heavy (non-hydrogen) atoms. The van der Waals surface area contributed by atoms with Gasteiger partial charge in [-0.2, -0.15) is 0 Å². The van der Waals surface area contributed by atoms with Crippen LogP contribution in [0, 0.1) is 0 Å². The predicted octanol–water partition coefficient (Wildman–Crippen LogP) is 0.701. The number of para-hydroxylation sites is 1. The molecule has 1 fully saturated rings. The highest BCUT2D eigenvalue weighted by Gasteiger charge is 2.28. The van der Waals surface area contributed by atoms with Crippen molar-refractivity contribution in [1.82, 2.24) is 15.1 Å². The first-order chi connectivity index (χ1) is 10.3. The minimum Gasteiger partial charge on any atom is -0.492 e. The number of amides is 1. The Hall–Kier alpha value is -1.59. The molecule has 5 heteroatoms. The Balaban J connectivity index is 1.69. The molecule has 1 saturated heterocycles. The third-order valence-electron chi connectivity index (χ3n) is 4.32. The summed E-state index contributed by atoms with van der Waals surface area (Å²) in [6, 6.07) is 7.99. The second-order valence-electron chi connectivity index (χ2n) is 5.68. The summed E-state index contributed by atoms with van der Waals surface area (Å²) in [5.74, 6) is 1.18. The molecule has 3 rings (SSSR count). The van der Waals surface area contributed by atoms with Crippen molar-refractivity contribution in [2.45, 2.75) is 19.5 Å². The lowest BCUT2D eigenvalue weighted by atomic mass is 10.1. The summed E-state index contributed by atoms with van der Waals surface area (Å²) in [6.07, 6.45) is 0. The highest BCUT2D eigenvalue weighted by Crippen LogP contribution is 2.23. The summed E-state index contributed by atoms with van der Waals surface area (Å²) in [7, 11) is 0. The van der Waals surface area contributed by atoms with Crippen LogP contribution in [0.5, 0.6) is 5.75 Å². The Bertz CT molecular complexity index is 500. The van der Waals surface area contributed by atoms with Crippen LogP contribution in [0.2, 0.25) is 0 Å². The van der Waals surface area contributed by atoms with E-state index in [1.807, 2.05) is 30.0 Å². The van der Waals surface area contributed by atoms with Crippen molar-refractivity contribution < 1.29 is 9.53 Å². The van der Waals surface area contributed by atoms with Gasteiger partial charge >= 0.3 is 0 Å². The van der Waals surface area contributed by atoms with Crippen LogP contribution in [0.15, 0.2) is 24.3 Å². The van der Waals surface area contributed by atoms with Crippen LogP contribution in [0.4, 0.5) is 0 Å². The number of hydrogen-bond acceptors (Lipinski definition) is 4. The maximum atomic E-state index is 12.6. The van der Waals surface area contributed by atoms with Crippen LogP contribution in [-0.2, 0) is 11.3 Å². The minimum absolute atomic E-state index is 0.0992. The Labute approximate surface area is 125 Å². The minimum atomic E-state index is -0.0992. The SMILES string of the molecule is CC(C(=O)N1CCNCC1)N1CCOc2ccccc2C1. The Morgan fingerprint density at radius 1 is 1.24 bits per heavy atom. The van der Waals surface area contributed by atoms with Crippen LogP contribution in [0.3, 0.4) is 0 Å². The molecule has 1 N–H and O–H groups in total. The third kappa shape index (κ3) is 3.19. The van der Waals surface area contributed by atoms with Crippen molar-refractivity contribution in [2.24, 2.45) is 0 Å². The Morgan fingerprint density at radius 3 is 2.81 bits per heavy atom. The molecule has 0 saturated carbocycles. The van der Waals surface area contributed by atoms with Crippen molar-refractivity contribution in [3.8, 4) is 5.75 Å². The highest BCUT2D eigenvalue weighted by molar-refractivity contribution is 5.81. The van der Waals surface area contributed by atoms with Gasteiger partial charge in [-0.05, 0) is 13.0 Å². The van der Waals surface area contributed by atoms with Crippen LogP contribution < -0.4 is 10.1 Å². The lowest BCUT2D eigenvalue weighted by Gasteiger charge is -2.34. The Kier molecular flexibility index (Phi) is 4.41. The normalized spacial score (nSPS) is 21.1. The van der Waals surface area contributed by atoms with Gasteiger partial charge < -0.3 is 15.0 Å². The standard InChI is InChI=1S/C16H23N3O2/c1-13(16(20)18-8-6-17-7-9-18)19-10-11-21-15-5-3-2-4-14(15)12-19/h2-5,13,17H,6-12H2,1H3. The van der Waals surface area contributed by atoms with E-state index in [0.29, 0.717) is 6.61 Å². The molecular formula is C16H23N3O2. The maximum absolute atomic E-state index is 12.6. The number of carbonyl (C=O) groups excluding carboxylic acids is 1. The largest absolute Gasteiger partial charge is 0.492 e. The summed E-state index contributed by atoms with van der Waals surface area (Å²) >= 11 is 0. The van der Waals surface area contributed by atoms with E-state index >= 15 is 0 Å². The highest BCUT2D eigenvalue weighted by atomic mass is 16.5. The molecule has 0 aliphatic carbocycles. The van der Waals surface area contributed by atoms with Crippen LogP contribution in [-0.4, -0.2) is 61.1 Å². The van der Waals surface area contributed by atoms with E-state index in [-0.39, 0.29) is 11.9 Å². The molecule has 1 aromatic rings. The first kappa shape index (κ1) is 14.4. The van der Waals surface area contributed by atoms with Crippen molar-refractivity contribution in [3.63, 3.8) is 0 Å². The van der Waals surface area contributed by atoms with Gasteiger partial charge in [0.1, 0.15) is 12.4 Å². The van der Waals surface area contributed by atoms with Gasteiger partial charge in [0.05, 0.1) is 6.04 Å². The molecule has 2 heterocycles. The average Bonchev–Trinajstić information content (AvgIpc) is 2.76. The van der Waals surface area contributed by atoms with Crippen LogP contribution in [0.1, 0.15) is 12.5 Å². The maximum Gasteiger partial charge on any atom is 0.239 e. The number of fused-ring (bicyclic) bond motifs is 1. The van der Waals surface area contributed by atoms with Gasteiger partial charge in [-0.3, -0.25) is 9.69 Å². The molecule has 1 amide bonds. The fraction of sp³-hybridized carbons (Fsp3) is 0.562. The monoisotopic (exact) mass is 289 g/mol. The van der Waals surface area contributed by atoms with Crippen LogP contribution >= 0.6 is 0 Å². The Morgan fingerprint density at radius 2 is 2.00 bits per heavy atom. The van der Waals surface area contributed by atoms with Crippen molar-refractivity contribution in [2.75, 3.05) is 39.3 Å². The molecule has 0 aromatic heterocycles. The van der Waals surface area contributed by atoms with E-state index in [1.165, 1.54) is 0 Å². The molecule has 0 bridgehead atoms. The van der Waals surface area contributed by atoms with Gasteiger partial charge in [-0.25, -0.2) is 0 Å². The van der Waals surface area contributed by atoms with E-state index in [1.54, 1.807) is 0 Å². The molecule has 0 spiro atoms. The lowest BCUT2D eigenvalue weighted by molar-refractivity contribution is -0.137. The lowest BCUT2D eigenvalue weighted by Crippen LogP contribution is -2.53. The number of ether oxygens (including phenoxy) is 1. The summed E-state index contributed by atoms with van der Waals surface area (Å²) in [6.45, 7) is 7.61. The van der Waals surface area contributed by atoms with E-state index in [9.17, 15) is 4.79 Å². The quantitative estimate of drug-likeness (QED) is 0.870. The average molecular weight is 289 g/mol. The number of nitrogens with zero attached hydrogens (tertiary/aromatic N) is 2. The molecule has 2 aliphatic heterocycles. The smallest absolute Gasteiger partial charge is 0.239 e. The van der Waals surface area contributed by atoms with Crippen molar-refractivity contribution in [3.05, 3.63) is 29.8 Å². The number of nitrogens with one attached hydrogen (secondary N) is 1. The van der Waals surface area contributed by atoms with Gasteiger partial charge in [-0.1, -0.05) is 18.2 Å². The zero-order valence-corrected chi connectivity index (χ0v) is 12.5. The zero-order chi connectivity index (χ0) is 14.7. The molecule has 1 unspecified atom stereocenters. The molecular weight excluding hydrogens is 266 g/mol. The molecule has 5 nitrogen and oxygen atoms in total.